The van der Waals surface area contributed by atoms with E-state index >= 15 is 0 Å². The summed E-state index contributed by atoms with van der Waals surface area (Å²) in [7, 11) is -1.18. The van der Waals surface area contributed by atoms with Gasteiger partial charge >= 0.3 is 10.2 Å². The fourth-order valence-corrected chi connectivity index (χ4v) is 4.70. The Hall–Kier alpha value is -3.09. The molecule has 0 saturated heterocycles. The number of rotatable bonds is 4. The molecular weight excluding hydrogens is 467 g/mol. The molecule has 31 heavy (non-hydrogen) atoms. The molecule has 3 heterocycles. The van der Waals surface area contributed by atoms with E-state index in [0.717, 1.165) is 10.4 Å². The molecule has 1 amide bonds. The van der Waals surface area contributed by atoms with E-state index in [4.69, 9.17) is 11.6 Å². The van der Waals surface area contributed by atoms with Gasteiger partial charge in [0.05, 0.1) is 15.6 Å². The number of allylic oxidation sites excluding steroid dienone is 1. The van der Waals surface area contributed by atoms with Crippen LogP contribution in [0.1, 0.15) is 4.88 Å². The largest absolute Gasteiger partial charge is 0.345 e. The highest BCUT2D eigenvalue weighted by molar-refractivity contribution is 7.88. The van der Waals surface area contributed by atoms with Crippen molar-refractivity contribution in [2.24, 2.45) is 11.4 Å². The molecule has 0 fully saturated rings. The second-order valence-corrected chi connectivity index (χ2v) is 9.42. The minimum atomic E-state index is -4.13. The van der Waals surface area contributed by atoms with Gasteiger partial charge in [0, 0.05) is 30.7 Å². The minimum Gasteiger partial charge on any atom is -0.321 e. The normalized spacial score (nSPS) is 15.4. The quantitative estimate of drug-likeness (QED) is 0.617. The van der Waals surface area contributed by atoms with Gasteiger partial charge in [0.25, 0.3) is 5.91 Å². The first-order valence-corrected chi connectivity index (χ1v) is 11.3. The Balaban J connectivity index is 1.66. The van der Waals surface area contributed by atoms with E-state index in [-0.39, 0.29) is 22.1 Å². The van der Waals surface area contributed by atoms with E-state index in [9.17, 15) is 17.6 Å². The van der Waals surface area contributed by atoms with E-state index in [1.165, 1.54) is 36.6 Å². The van der Waals surface area contributed by atoms with E-state index < -0.39 is 21.9 Å². The standard InChI is InChI=1S/C18H14ClFN6O3S2/c1-25-9-21-17(23-25)10-5-16(30-8-10)14-7-15(26(2)31(28,29)24-14)18(27)22-11-3-4-13(20)12(19)6-11/h3-9H,1-2H3,(H,22,27). The van der Waals surface area contributed by atoms with Crippen molar-refractivity contribution in [2.45, 2.75) is 0 Å². The third-order valence-corrected chi connectivity index (χ3v) is 6.85. The Morgan fingerprint density at radius 1 is 1.26 bits per heavy atom. The molecule has 4 rings (SSSR count). The zero-order valence-corrected chi connectivity index (χ0v) is 18.5. The second kappa shape index (κ2) is 7.87. The number of hydrogen-bond acceptors (Lipinski definition) is 6. The van der Waals surface area contributed by atoms with Crippen LogP contribution in [0.5, 0.6) is 0 Å². The van der Waals surface area contributed by atoms with Crippen molar-refractivity contribution in [2.75, 3.05) is 12.4 Å². The van der Waals surface area contributed by atoms with Crippen LogP contribution in [-0.4, -0.2) is 46.2 Å². The topological polar surface area (TPSA) is 110 Å². The van der Waals surface area contributed by atoms with Gasteiger partial charge in [0.2, 0.25) is 0 Å². The molecular formula is C18H14ClFN6O3S2. The van der Waals surface area contributed by atoms with Gasteiger partial charge in [0.15, 0.2) is 5.82 Å². The lowest BCUT2D eigenvalue weighted by molar-refractivity contribution is -0.113. The molecule has 1 N–H and O–H groups in total. The molecule has 160 valence electrons. The molecule has 0 unspecified atom stereocenters. The monoisotopic (exact) mass is 480 g/mol. The molecule has 0 radical (unpaired) electrons. The zero-order valence-electron chi connectivity index (χ0n) is 16.1. The maximum Gasteiger partial charge on any atom is 0.345 e. The summed E-state index contributed by atoms with van der Waals surface area (Å²) < 4.78 is 44.5. The molecule has 0 saturated carbocycles. The first-order chi connectivity index (χ1) is 14.6. The Kier molecular flexibility index (Phi) is 5.37. The number of amides is 1. The lowest BCUT2D eigenvalue weighted by Crippen LogP contribution is -2.35. The summed E-state index contributed by atoms with van der Waals surface area (Å²) in [5.41, 5.74) is 0.857. The number of thiophene rings is 1. The van der Waals surface area contributed by atoms with Crippen LogP contribution in [0.15, 0.2) is 52.1 Å². The van der Waals surface area contributed by atoms with Crippen molar-refractivity contribution < 1.29 is 17.6 Å². The van der Waals surface area contributed by atoms with Crippen LogP contribution in [0.3, 0.4) is 0 Å². The lowest BCUT2D eigenvalue weighted by Gasteiger charge is -2.23. The first-order valence-electron chi connectivity index (χ1n) is 8.66. The number of carbonyl (C=O) groups is 1. The lowest BCUT2D eigenvalue weighted by atomic mass is 10.2. The molecule has 0 spiro atoms. The molecule has 9 nitrogen and oxygen atoms in total. The summed E-state index contributed by atoms with van der Waals surface area (Å²) in [6.07, 6.45) is 2.91. The SMILES string of the molecule is CN1C(C(=O)Nc2ccc(F)c(Cl)c2)=CC(c2cc(-c3ncn(C)n3)cs2)=NS1(=O)=O. The Morgan fingerprint density at radius 3 is 2.71 bits per heavy atom. The molecule has 1 aromatic carbocycles. The Bertz CT molecular complexity index is 1360. The molecule has 1 aliphatic heterocycles. The number of likely N-dealkylation sites (N-methyl/N-ethyl adjacent to an activating group) is 1. The highest BCUT2D eigenvalue weighted by Crippen LogP contribution is 2.28. The van der Waals surface area contributed by atoms with Gasteiger partial charge in [-0.15, -0.1) is 15.7 Å². The van der Waals surface area contributed by atoms with Gasteiger partial charge in [-0.05, 0) is 30.3 Å². The predicted octanol–water partition coefficient (Wildman–Crippen LogP) is 2.84. The van der Waals surface area contributed by atoms with Crippen LogP contribution in [0, 0.1) is 5.82 Å². The summed E-state index contributed by atoms with van der Waals surface area (Å²) in [5, 5.41) is 8.32. The van der Waals surface area contributed by atoms with Crippen LogP contribution in [0.4, 0.5) is 10.1 Å². The van der Waals surface area contributed by atoms with E-state index in [0.29, 0.717) is 16.3 Å². The van der Waals surface area contributed by atoms with Crippen molar-refractivity contribution >= 4 is 50.5 Å². The van der Waals surface area contributed by atoms with Crippen LogP contribution >= 0.6 is 22.9 Å². The summed E-state index contributed by atoms with van der Waals surface area (Å²) in [4.78, 5) is 17.5. The smallest absolute Gasteiger partial charge is 0.321 e. The molecule has 1 aliphatic rings. The van der Waals surface area contributed by atoms with Gasteiger partial charge in [-0.25, -0.2) is 13.7 Å². The van der Waals surface area contributed by atoms with Gasteiger partial charge in [0.1, 0.15) is 17.8 Å². The number of nitrogens with zero attached hydrogens (tertiary/aromatic N) is 5. The van der Waals surface area contributed by atoms with Crippen molar-refractivity contribution in [1.29, 1.82) is 0 Å². The van der Waals surface area contributed by atoms with Crippen LogP contribution in [-0.2, 0) is 22.1 Å². The van der Waals surface area contributed by atoms with Crippen LogP contribution < -0.4 is 5.32 Å². The van der Waals surface area contributed by atoms with Crippen molar-refractivity contribution in [3.8, 4) is 11.4 Å². The number of anilines is 1. The molecule has 0 atom stereocenters. The minimum absolute atomic E-state index is 0.104. The van der Waals surface area contributed by atoms with Crippen molar-refractivity contribution in [1.82, 2.24) is 19.1 Å². The van der Waals surface area contributed by atoms with Crippen LogP contribution in [0.25, 0.3) is 11.4 Å². The molecule has 0 aliphatic carbocycles. The summed E-state index contributed by atoms with van der Waals surface area (Å²) in [6.45, 7) is 0. The summed E-state index contributed by atoms with van der Waals surface area (Å²) in [6, 6.07) is 5.34. The number of carbonyl (C=O) groups excluding carboxylic acids is 1. The average Bonchev–Trinajstić information content (AvgIpc) is 3.35. The Morgan fingerprint density at radius 2 is 2.03 bits per heavy atom. The van der Waals surface area contributed by atoms with Crippen molar-refractivity contribution in [3.05, 3.63) is 63.5 Å². The molecule has 13 heteroatoms. The summed E-state index contributed by atoms with van der Waals surface area (Å²) in [5.74, 6) is -0.873. The molecule has 3 aromatic rings. The van der Waals surface area contributed by atoms with Crippen molar-refractivity contribution in [3.63, 3.8) is 0 Å². The fraction of sp³-hybridized carbons (Fsp3) is 0.111. The van der Waals surface area contributed by atoms with Gasteiger partial charge < -0.3 is 5.32 Å². The average molecular weight is 481 g/mol. The van der Waals surface area contributed by atoms with Gasteiger partial charge in [-0.1, -0.05) is 11.6 Å². The second-order valence-electron chi connectivity index (χ2n) is 6.48. The third-order valence-electron chi connectivity index (χ3n) is 4.29. The highest BCUT2D eigenvalue weighted by atomic mass is 35.5. The van der Waals surface area contributed by atoms with Gasteiger partial charge in [-0.2, -0.15) is 13.5 Å². The number of benzene rings is 1. The fourth-order valence-electron chi connectivity index (χ4n) is 2.71. The molecule has 2 aromatic heterocycles. The van der Waals surface area contributed by atoms with Gasteiger partial charge in [-0.3, -0.25) is 9.48 Å². The number of nitrogens with one attached hydrogen (secondary N) is 1. The number of aryl methyl sites for hydroxylation is 1. The van der Waals surface area contributed by atoms with E-state index in [2.05, 4.69) is 19.8 Å². The van der Waals surface area contributed by atoms with E-state index in [1.54, 1.807) is 29.5 Å². The Labute approximate surface area is 185 Å². The number of halogens is 2. The highest BCUT2D eigenvalue weighted by Gasteiger charge is 2.30. The summed E-state index contributed by atoms with van der Waals surface area (Å²) >= 11 is 6.98. The maximum absolute atomic E-state index is 13.4. The maximum atomic E-state index is 13.4. The predicted molar refractivity (Wildman–Crippen MR) is 116 cm³/mol. The zero-order chi connectivity index (χ0) is 22.3. The molecule has 0 bridgehead atoms. The first kappa shape index (κ1) is 21.2. The number of aromatic nitrogens is 3. The number of hydrogen-bond donors (Lipinski definition) is 1. The van der Waals surface area contributed by atoms with E-state index in [1.807, 2.05) is 0 Å². The van der Waals surface area contributed by atoms with Crippen LogP contribution in [0.2, 0.25) is 5.02 Å². The third kappa shape index (κ3) is 4.22.